The molecule has 3 saturated carbocycles. The van der Waals surface area contributed by atoms with Gasteiger partial charge in [0.1, 0.15) is 18.6 Å². The maximum Gasteiger partial charge on any atom is 0.394 e. The minimum absolute atomic E-state index is 0.0350. The van der Waals surface area contributed by atoms with Crippen molar-refractivity contribution in [3.8, 4) is 23.1 Å². The molecule has 49 heavy (non-hydrogen) atoms. The molecule has 0 spiro atoms. The summed E-state index contributed by atoms with van der Waals surface area (Å²) in [6.45, 7) is 3.94. The van der Waals surface area contributed by atoms with E-state index in [1.807, 2.05) is 11.8 Å². The second kappa shape index (κ2) is 11.4. The Morgan fingerprint density at radius 2 is 1.84 bits per heavy atom. The zero-order valence-electron chi connectivity index (χ0n) is 26.9. The normalized spacial score (nSPS) is 21.7. The first-order valence-electron chi connectivity index (χ1n) is 15.8. The van der Waals surface area contributed by atoms with Crippen molar-refractivity contribution in [3.05, 3.63) is 52.0 Å². The molecule has 8 rings (SSSR count). The predicted molar refractivity (Wildman–Crippen MR) is 167 cm³/mol. The molecule has 1 aliphatic heterocycles. The summed E-state index contributed by atoms with van der Waals surface area (Å²) in [5, 5.41) is 13.2. The second-order valence-corrected chi connectivity index (χ2v) is 12.9. The number of ether oxygens (including phenoxy) is 1. The van der Waals surface area contributed by atoms with Crippen molar-refractivity contribution in [2.75, 3.05) is 38.2 Å². The van der Waals surface area contributed by atoms with E-state index in [-0.39, 0.29) is 97.8 Å². The van der Waals surface area contributed by atoms with Gasteiger partial charge >= 0.3 is 6.18 Å². The minimum atomic E-state index is -4.32. The summed E-state index contributed by atoms with van der Waals surface area (Å²) in [5.74, 6) is -0.908. The zero-order chi connectivity index (χ0) is 34.9. The molecule has 0 aromatic carbocycles. The lowest BCUT2D eigenvalue weighted by Crippen LogP contribution is -2.78. The number of aromatic nitrogens is 5. The fourth-order valence-electron chi connectivity index (χ4n) is 7.37. The smallest absolute Gasteiger partial charge is 0.394 e. The highest BCUT2D eigenvalue weighted by Gasteiger charge is 2.79. The number of nitrogens with zero attached hydrogens (tertiary/aromatic N) is 7. The summed E-state index contributed by atoms with van der Waals surface area (Å²) < 4.78 is 53.3. The number of hydrogen-bond donors (Lipinski definition) is 2. The Kier molecular flexibility index (Phi) is 7.55. The Morgan fingerprint density at radius 3 is 2.49 bits per heavy atom. The van der Waals surface area contributed by atoms with Gasteiger partial charge in [-0.1, -0.05) is 6.92 Å². The van der Waals surface area contributed by atoms with Crippen LogP contribution in [0.25, 0.3) is 22.7 Å². The monoisotopic (exact) mass is 682 g/mol. The Labute approximate surface area is 276 Å². The number of rotatable bonds is 8. The van der Waals surface area contributed by atoms with Gasteiger partial charge in [0.2, 0.25) is 28.8 Å². The van der Waals surface area contributed by atoms with E-state index in [9.17, 15) is 32.7 Å². The molecule has 2 N–H and O–H groups in total. The van der Waals surface area contributed by atoms with E-state index < -0.39 is 34.4 Å². The van der Waals surface area contributed by atoms with Gasteiger partial charge in [0.25, 0.3) is 5.91 Å². The summed E-state index contributed by atoms with van der Waals surface area (Å²) in [4.78, 5) is 60.7. The summed E-state index contributed by atoms with van der Waals surface area (Å²) in [6, 6.07) is 3.21. The average Bonchev–Trinajstić information content (AvgIpc) is 3.50. The number of carbonyl (C=O) groups excluding carboxylic acids is 2. The quantitative estimate of drug-likeness (QED) is 0.280. The van der Waals surface area contributed by atoms with Crippen molar-refractivity contribution >= 4 is 28.7 Å². The van der Waals surface area contributed by atoms with Crippen LogP contribution in [0.15, 0.2) is 33.9 Å². The van der Waals surface area contributed by atoms with Gasteiger partial charge in [-0.15, -0.1) is 0 Å². The van der Waals surface area contributed by atoms with Gasteiger partial charge in [0.05, 0.1) is 18.2 Å². The number of fused-ring (bicyclic) bond motifs is 1. The first-order valence-corrected chi connectivity index (χ1v) is 15.8. The van der Waals surface area contributed by atoms with Crippen molar-refractivity contribution in [1.82, 2.24) is 34.7 Å². The van der Waals surface area contributed by atoms with E-state index >= 15 is 0 Å². The maximum atomic E-state index is 14.2. The maximum absolute atomic E-state index is 14.2. The lowest BCUT2D eigenvalue weighted by atomic mass is 9.39. The molecule has 4 aromatic rings. The lowest BCUT2D eigenvalue weighted by Gasteiger charge is -2.70. The van der Waals surface area contributed by atoms with Gasteiger partial charge in [0, 0.05) is 55.2 Å². The first kappa shape index (κ1) is 32.3. The largest absolute Gasteiger partial charge is 0.504 e. The number of methoxy groups -OCH3 is 1. The van der Waals surface area contributed by atoms with Crippen LogP contribution < -0.4 is 20.4 Å². The number of aryl methyl sites for hydroxylation is 1. The molecule has 2 bridgehead atoms. The van der Waals surface area contributed by atoms with Gasteiger partial charge in [-0.3, -0.25) is 14.4 Å². The molecule has 0 unspecified atom stereocenters. The third-order valence-corrected chi connectivity index (χ3v) is 9.84. The Balaban J connectivity index is 1.22. The van der Waals surface area contributed by atoms with E-state index in [0.29, 0.717) is 17.7 Å². The SMILES string of the molecule is CCc1c(N2CCN(C(=O)c3ncnc(C)c3O)CC2)c(=O)c2nc(-c3ccnc(OC)c3)oc2n1CC(=O)NC12CC(C(F)(F)F)(C1)C2. The highest BCUT2D eigenvalue weighted by Crippen LogP contribution is 2.73. The molecule has 4 aliphatic rings. The number of aromatic hydroxyl groups is 1. The second-order valence-electron chi connectivity index (χ2n) is 12.9. The van der Waals surface area contributed by atoms with Gasteiger partial charge in [-0.25, -0.2) is 19.9 Å². The van der Waals surface area contributed by atoms with Crippen molar-refractivity contribution in [2.45, 2.75) is 57.8 Å². The lowest BCUT2D eigenvalue weighted by molar-refractivity contribution is -0.337. The topological polar surface area (TPSA) is 169 Å². The number of halogens is 3. The number of alkyl halides is 3. The van der Waals surface area contributed by atoms with Crippen LogP contribution in [0.2, 0.25) is 0 Å². The van der Waals surface area contributed by atoms with Crippen LogP contribution in [0, 0.1) is 12.3 Å². The number of amides is 2. The molecule has 1 saturated heterocycles. The number of nitrogens with one attached hydrogen (secondary N) is 1. The molecular formula is C32H33F3N8O6. The standard InChI is InChI=1S/C32H33F3N8O6/c1-4-19-24(41-7-9-42(10-8-41)28(47)22-25(45)17(2)37-16-38-22)26(46)23-29(49-27(39-23)18-5-6-36-21(11-18)48-3)43(19)12-20(44)40-31-13-30(14-31,15-31)32(33,34)35/h5-6,11,16,45H,4,7-10,12-15H2,1-3H3,(H,40,44). The fraction of sp³-hybridized carbons (Fsp3) is 0.469. The molecule has 258 valence electrons. The van der Waals surface area contributed by atoms with Crippen LogP contribution >= 0.6 is 0 Å². The van der Waals surface area contributed by atoms with Gasteiger partial charge in [0.15, 0.2) is 17.0 Å². The number of hydrogen-bond acceptors (Lipinski definition) is 11. The highest BCUT2D eigenvalue weighted by atomic mass is 19.4. The molecular weight excluding hydrogens is 649 g/mol. The van der Waals surface area contributed by atoms with Crippen molar-refractivity contribution in [2.24, 2.45) is 5.41 Å². The third kappa shape index (κ3) is 5.22. The third-order valence-electron chi connectivity index (χ3n) is 9.84. The molecule has 4 aromatic heterocycles. The van der Waals surface area contributed by atoms with E-state index in [1.165, 1.54) is 24.5 Å². The molecule has 0 radical (unpaired) electrons. The molecule has 17 heteroatoms. The fourth-order valence-corrected chi connectivity index (χ4v) is 7.37. The van der Waals surface area contributed by atoms with Gasteiger partial charge in [-0.05, 0) is 38.7 Å². The van der Waals surface area contributed by atoms with Crippen molar-refractivity contribution in [3.63, 3.8) is 0 Å². The average molecular weight is 683 g/mol. The molecule has 5 heterocycles. The summed E-state index contributed by atoms with van der Waals surface area (Å²) >= 11 is 0. The Morgan fingerprint density at radius 1 is 1.12 bits per heavy atom. The number of carbonyl (C=O) groups is 2. The predicted octanol–water partition coefficient (Wildman–Crippen LogP) is 2.99. The Bertz CT molecular complexity index is 2030. The van der Waals surface area contributed by atoms with Crippen LogP contribution in [-0.2, 0) is 17.8 Å². The van der Waals surface area contributed by atoms with Crippen molar-refractivity contribution < 1.29 is 37.0 Å². The van der Waals surface area contributed by atoms with E-state index in [2.05, 4.69) is 25.3 Å². The van der Waals surface area contributed by atoms with Gasteiger partial charge < -0.3 is 33.9 Å². The number of anilines is 1. The summed E-state index contributed by atoms with van der Waals surface area (Å²) in [7, 11) is 1.45. The molecule has 0 atom stereocenters. The number of oxazole rings is 1. The van der Waals surface area contributed by atoms with E-state index in [0.717, 1.165) is 0 Å². The van der Waals surface area contributed by atoms with Crippen LogP contribution in [0.3, 0.4) is 0 Å². The first-order chi connectivity index (χ1) is 23.3. The molecule has 4 fully saturated rings. The number of piperazine rings is 1. The molecule has 14 nitrogen and oxygen atoms in total. The van der Waals surface area contributed by atoms with Crippen LogP contribution in [0.5, 0.6) is 11.6 Å². The molecule has 3 aliphatic carbocycles. The minimum Gasteiger partial charge on any atom is -0.504 e. The zero-order valence-corrected chi connectivity index (χ0v) is 26.9. The van der Waals surface area contributed by atoms with Gasteiger partial charge in [-0.2, -0.15) is 13.2 Å². The van der Waals surface area contributed by atoms with E-state index in [4.69, 9.17) is 9.15 Å². The molecule has 2 amide bonds. The van der Waals surface area contributed by atoms with Crippen LogP contribution in [0.1, 0.15) is 48.1 Å². The summed E-state index contributed by atoms with van der Waals surface area (Å²) in [5.41, 5.74) is -1.68. The van der Waals surface area contributed by atoms with E-state index in [1.54, 1.807) is 23.6 Å². The van der Waals surface area contributed by atoms with Crippen LogP contribution in [0.4, 0.5) is 18.9 Å². The highest BCUT2D eigenvalue weighted by molar-refractivity contribution is 5.95. The van der Waals surface area contributed by atoms with Crippen molar-refractivity contribution in [1.29, 1.82) is 0 Å². The summed E-state index contributed by atoms with van der Waals surface area (Å²) in [6.07, 6.45) is -1.81. The van der Waals surface area contributed by atoms with Crippen LogP contribution in [-0.4, -0.2) is 91.3 Å². The number of pyridine rings is 2. The Hall–Kier alpha value is -5.22.